The summed E-state index contributed by atoms with van der Waals surface area (Å²) in [4.78, 5) is 16.8. The lowest BCUT2D eigenvalue weighted by Gasteiger charge is -2.47. The fourth-order valence-electron chi connectivity index (χ4n) is 3.53. The maximum Gasteiger partial charge on any atom is 0.251 e. The number of amides is 1. The van der Waals surface area contributed by atoms with E-state index in [0.717, 1.165) is 22.9 Å². The average molecular weight is 367 g/mol. The maximum atomic E-state index is 12.6. The summed E-state index contributed by atoms with van der Waals surface area (Å²) in [5, 5.41) is 2.96. The first kappa shape index (κ1) is 15.9. The van der Waals surface area contributed by atoms with Crippen LogP contribution in [-0.4, -0.2) is 50.4 Å². The number of fused-ring (bicyclic) bond motifs is 2. The van der Waals surface area contributed by atoms with Crippen LogP contribution in [0.3, 0.4) is 0 Å². The number of aromatic nitrogens is 1. The number of benzene rings is 1. The highest BCUT2D eigenvalue weighted by Crippen LogP contribution is 2.39. The molecule has 2 N–H and O–H groups in total. The van der Waals surface area contributed by atoms with Gasteiger partial charge in [0.25, 0.3) is 5.91 Å². The zero-order valence-corrected chi connectivity index (χ0v) is 14.6. The van der Waals surface area contributed by atoms with Gasteiger partial charge in [-0.3, -0.25) is 4.79 Å². The van der Waals surface area contributed by atoms with Gasteiger partial charge in [-0.1, -0.05) is 0 Å². The molecular weight excluding hydrogens is 350 g/mol. The smallest absolute Gasteiger partial charge is 0.251 e. The summed E-state index contributed by atoms with van der Waals surface area (Å²) in [6.07, 6.45) is 1.78. The van der Waals surface area contributed by atoms with Gasteiger partial charge in [-0.2, -0.15) is 0 Å². The van der Waals surface area contributed by atoms with Crippen molar-refractivity contribution in [3.63, 3.8) is 0 Å². The van der Waals surface area contributed by atoms with Gasteiger partial charge in [0.2, 0.25) is 10.0 Å². The van der Waals surface area contributed by atoms with Gasteiger partial charge in [0, 0.05) is 18.1 Å². The molecule has 2 aliphatic rings. The molecule has 1 saturated heterocycles. The Kier molecular flexibility index (Phi) is 3.83. The van der Waals surface area contributed by atoms with E-state index in [9.17, 15) is 13.2 Å². The number of rotatable bonds is 4. The lowest BCUT2D eigenvalue weighted by molar-refractivity contribution is -0.0194. The van der Waals surface area contributed by atoms with E-state index in [2.05, 4.69) is 15.0 Å². The van der Waals surface area contributed by atoms with Crippen LogP contribution < -0.4 is 10.0 Å². The van der Waals surface area contributed by atoms with Crippen LogP contribution in [0.2, 0.25) is 0 Å². The first-order valence-electron chi connectivity index (χ1n) is 7.65. The van der Waals surface area contributed by atoms with Crippen molar-refractivity contribution in [2.45, 2.75) is 24.6 Å². The number of hydrogen-bond acceptors (Lipinski definition) is 6. The lowest BCUT2D eigenvalue weighted by atomic mass is 9.72. The minimum absolute atomic E-state index is 0.149. The molecule has 128 valence electrons. The van der Waals surface area contributed by atoms with Gasteiger partial charge in [-0.05, 0) is 24.6 Å². The second kappa shape index (κ2) is 5.76. The Morgan fingerprint density at radius 3 is 3.00 bits per heavy atom. The number of carbonyl (C=O) groups is 1. The van der Waals surface area contributed by atoms with Gasteiger partial charge >= 0.3 is 0 Å². The predicted molar refractivity (Wildman–Crippen MR) is 90.5 cm³/mol. The monoisotopic (exact) mass is 367 g/mol. The summed E-state index contributed by atoms with van der Waals surface area (Å²) in [5.41, 5.74) is 3.05. The van der Waals surface area contributed by atoms with Crippen LogP contribution in [0.1, 0.15) is 16.8 Å². The third-order valence-corrected chi connectivity index (χ3v) is 6.14. The number of thiazole rings is 1. The van der Waals surface area contributed by atoms with Crippen LogP contribution in [0, 0.1) is 5.92 Å². The Morgan fingerprint density at radius 1 is 1.38 bits per heavy atom. The molecule has 9 heteroatoms. The van der Waals surface area contributed by atoms with Crippen molar-refractivity contribution in [2.75, 3.05) is 12.9 Å². The molecule has 2 heterocycles. The van der Waals surface area contributed by atoms with Crippen LogP contribution in [0.25, 0.3) is 10.2 Å². The van der Waals surface area contributed by atoms with Crippen molar-refractivity contribution < 1.29 is 17.9 Å². The van der Waals surface area contributed by atoms with Crippen LogP contribution in [0.5, 0.6) is 0 Å². The number of ether oxygens (including phenoxy) is 1. The molecule has 1 aliphatic carbocycles. The first-order valence-corrected chi connectivity index (χ1v) is 10.4. The van der Waals surface area contributed by atoms with Gasteiger partial charge < -0.3 is 10.1 Å². The second-order valence-corrected chi connectivity index (χ2v) is 8.90. The highest BCUT2D eigenvalue weighted by Gasteiger charge is 2.55. The molecule has 0 spiro atoms. The third-order valence-electron chi connectivity index (χ3n) is 4.63. The molecule has 4 rings (SSSR count). The van der Waals surface area contributed by atoms with Crippen LogP contribution in [0.4, 0.5) is 0 Å². The zero-order chi connectivity index (χ0) is 16.9. The summed E-state index contributed by atoms with van der Waals surface area (Å²) in [7, 11) is -3.37. The van der Waals surface area contributed by atoms with E-state index in [1.165, 1.54) is 11.3 Å². The molecule has 0 bridgehead atoms. The fraction of sp³-hybridized carbons (Fsp3) is 0.467. The van der Waals surface area contributed by atoms with E-state index >= 15 is 0 Å². The lowest BCUT2D eigenvalue weighted by Crippen LogP contribution is -2.70. The molecule has 1 amide bonds. The minimum Gasteiger partial charge on any atom is -0.376 e. The minimum atomic E-state index is -3.37. The van der Waals surface area contributed by atoms with Crippen molar-refractivity contribution in [1.82, 2.24) is 15.0 Å². The van der Waals surface area contributed by atoms with Gasteiger partial charge in [0.05, 0.1) is 40.2 Å². The van der Waals surface area contributed by atoms with E-state index in [1.54, 1.807) is 17.6 Å². The first-order chi connectivity index (χ1) is 11.4. The SMILES string of the molecule is CS(=O)(=O)N[C@@H]1[C@@H](NC(=O)c2ccc3scnc3c2)[C@H]2CCO[C@H]21. The summed E-state index contributed by atoms with van der Waals surface area (Å²) in [6.45, 7) is 0.592. The third kappa shape index (κ3) is 2.81. The molecule has 1 aromatic carbocycles. The molecular formula is C15H17N3O4S2. The van der Waals surface area contributed by atoms with Crippen molar-refractivity contribution in [3.05, 3.63) is 29.3 Å². The number of carbonyl (C=O) groups excluding carboxylic acids is 1. The molecule has 7 nitrogen and oxygen atoms in total. The predicted octanol–water partition coefficient (Wildman–Crippen LogP) is 0.731. The fourth-order valence-corrected chi connectivity index (χ4v) is 4.96. The van der Waals surface area contributed by atoms with Gasteiger partial charge in [-0.25, -0.2) is 18.1 Å². The van der Waals surface area contributed by atoms with E-state index in [4.69, 9.17) is 4.74 Å². The largest absolute Gasteiger partial charge is 0.376 e. The molecule has 2 aromatic rings. The summed E-state index contributed by atoms with van der Waals surface area (Å²) in [6, 6.07) is 4.71. The number of sulfonamides is 1. The molecule has 0 unspecified atom stereocenters. The van der Waals surface area contributed by atoms with Crippen molar-refractivity contribution in [2.24, 2.45) is 5.92 Å². The topological polar surface area (TPSA) is 97.4 Å². The zero-order valence-electron chi connectivity index (χ0n) is 12.9. The van der Waals surface area contributed by atoms with E-state index in [1.807, 2.05) is 6.07 Å². The van der Waals surface area contributed by atoms with Crippen molar-refractivity contribution >= 4 is 37.5 Å². The van der Waals surface area contributed by atoms with E-state index < -0.39 is 16.1 Å². The second-order valence-electron chi connectivity index (χ2n) is 6.24. The molecule has 24 heavy (non-hydrogen) atoms. The van der Waals surface area contributed by atoms with Crippen LogP contribution in [-0.2, 0) is 14.8 Å². The quantitative estimate of drug-likeness (QED) is 0.830. The summed E-state index contributed by atoms with van der Waals surface area (Å²) in [5.74, 6) is -0.0724. The Balaban J connectivity index is 1.53. The standard InChI is InChI=1S/C15H17N3O4S2/c1-24(20,21)18-13-12(9-4-5-22-14(9)13)17-15(19)8-2-3-11-10(6-8)16-7-23-11/h2-3,6-7,9,12-14,18H,4-5H2,1H3,(H,17,19)/t9-,12+,13-,14-/m1/s1. The molecule has 1 aromatic heterocycles. The normalized spacial score (nSPS) is 29.2. The molecule has 0 radical (unpaired) electrons. The van der Waals surface area contributed by atoms with Gasteiger partial charge in [0.15, 0.2) is 0 Å². The van der Waals surface area contributed by atoms with E-state index in [-0.39, 0.29) is 24.0 Å². The maximum absolute atomic E-state index is 12.6. The Bertz CT molecular complexity index is 895. The molecule has 1 saturated carbocycles. The highest BCUT2D eigenvalue weighted by molar-refractivity contribution is 7.88. The van der Waals surface area contributed by atoms with E-state index in [0.29, 0.717) is 12.2 Å². The van der Waals surface area contributed by atoms with Crippen LogP contribution >= 0.6 is 11.3 Å². The summed E-state index contributed by atoms with van der Waals surface area (Å²) >= 11 is 1.52. The van der Waals surface area contributed by atoms with Gasteiger partial charge in [0.1, 0.15) is 0 Å². The molecule has 1 aliphatic heterocycles. The van der Waals surface area contributed by atoms with Crippen molar-refractivity contribution in [1.29, 1.82) is 0 Å². The number of nitrogens with one attached hydrogen (secondary N) is 2. The number of nitrogens with zero attached hydrogens (tertiary/aromatic N) is 1. The summed E-state index contributed by atoms with van der Waals surface area (Å²) < 4.78 is 32.3. The highest BCUT2D eigenvalue weighted by atomic mass is 32.2. The Morgan fingerprint density at radius 2 is 2.21 bits per heavy atom. The molecule has 4 atom stereocenters. The van der Waals surface area contributed by atoms with Crippen molar-refractivity contribution in [3.8, 4) is 0 Å². The number of hydrogen-bond donors (Lipinski definition) is 2. The van der Waals surface area contributed by atoms with Crippen LogP contribution in [0.15, 0.2) is 23.7 Å². The average Bonchev–Trinajstić information content (AvgIpc) is 3.15. The Hall–Kier alpha value is -1.55. The van der Waals surface area contributed by atoms with Gasteiger partial charge in [-0.15, -0.1) is 11.3 Å². The molecule has 2 fully saturated rings. The Labute approximate surface area is 143 Å².